The Morgan fingerprint density at radius 2 is 2.04 bits per heavy atom. The second-order valence-corrected chi connectivity index (χ2v) is 7.51. The highest BCUT2D eigenvalue weighted by Gasteiger charge is 2.40. The van der Waals surface area contributed by atoms with E-state index in [1.54, 1.807) is 12.1 Å². The summed E-state index contributed by atoms with van der Waals surface area (Å²) in [5.41, 5.74) is 3.68. The van der Waals surface area contributed by atoms with Crippen molar-refractivity contribution < 1.29 is 9.18 Å². The van der Waals surface area contributed by atoms with Crippen molar-refractivity contribution in [2.24, 2.45) is 5.41 Å². The van der Waals surface area contributed by atoms with Gasteiger partial charge in [0.2, 0.25) is 0 Å². The van der Waals surface area contributed by atoms with Crippen LogP contribution in [0.4, 0.5) is 4.39 Å². The number of fused-ring (bicyclic) bond motifs is 2. The van der Waals surface area contributed by atoms with E-state index < -0.39 is 0 Å². The molecule has 2 N–H and O–H groups in total. The average Bonchev–Trinajstić information content (AvgIpc) is 3.12. The molecule has 3 aromatic rings. The highest BCUT2D eigenvalue weighted by atomic mass is 19.1. The SMILES string of the molecule is C.CC1(C)Cc2ccc(C#N)cc2[C@@H]1NC(=O)c1cc2cc(F)ccc2[nH]1. The number of nitrogens with zero attached hydrogens (tertiary/aromatic N) is 1. The van der Waals surface area contributed by atoms with Gasteiger partial charge in [-0.3, -0.25) is 4.79 Å². The molecule has 1 heterocycles. The van der Waals surface area contributed by atoms with E-state index in [0.717, 1.165) is 23.1 Å². The van der Waals surface area contributed by atoms with Gasteiger partial charge in [-0.2, -0.15) is 5.26 Å². The molecular weight excluding hydrogens is 341 g/mol. The Balaban J connectivity index is 0.00000210. The molecule has 0 bridgehead atoms. The predicted molar refractivity (Wildman–Crippen MR) is 104 cm³/mol. The highest BCUT2D eigenvalue weighted by molar-refractivity contribution is 5.98. The number of aromatic nitrogens is 1. The topological polar surface area (TPSA) is 68.7 Å². The number of nitriles is 1. The molecule has 0 radical (unpaired) electrons. The number of nitrogens with one attached hydrogen (secondary N) is 2. The van der Waals surface area contributed by atoms with Crippen LogP contribution in [0.3, 0.4) is 0 Å². The molecule has 1 amide bonds. The number of hydrogen-bond donors (Lipinski definition) is 2. The number of aromatic amines is 1. The molecule has 0 unspecified atom stereocenters. The van der Waals surface area contributed by atoms with Crippen molar-refractivity contribution >= 4 is 16.8 Å². The third-order valence-electron chi connectivity index (χ3n) is 5.12. The molecule has 2 aromatic carbocycles. The number of rotatable bonds is 2. The molecule has 1 aliphatic rings. The number of halogens is 1. The number of amides is 1. The van der Waals surface area contributed by atoms with Gasteiger partial charge < -0.3 is 10.3 Å². The summed E-state index contributed by atoms with van der Waals surface area (Å²) in [4.78, 5) is 15.8. The summed E-state index contributed by atoms with van der Waals surface area (Å²) in [6.07, 6.45) is 0.830. The molecule has 1 atom stereocenters. The van der Waals surface area contributed by atoms with Crippen molar-refractivity contribution in [3.05, 3.63) is 70.7 Å². The second-order valence-electron chi connectivity index (χ2n) is 7.51. The van der Waals surface area contributed by atoms with Gasteiger partial charge in [0.1, 0.15) is 11.5 Å². The van der Waals surface area contributed by atoms with E-state index in [0.29, 0.717) is 16.6 Å². The first kappa shape index (κ1) is 18.7. The van der Waals surface area contributed by atoms with Gasteiger partial charge in [-0.25, -0.2) is 4.39 Å². The van der Waals surface area contributed by atoms with Crippen LogP contribution in [0.1, 0.15) is 54.5 Å². The number of benzene rings is 2. The predicted octanol–water partition coefficient (Wildman–Crippen LogP) is 4.87. The maximum absolute atomic E-state index is 13.4. The first-order chi connectivity index (χ1) is 12.4. The molecule has 138 valence electrons. The van der Waals surface area contributed by atoms with Crippen LogP contribution in [-0.2, 0) is 6.42 Å². The molecule has 0 saturated heterocycles. The zero-order chi connectivity index (χ0) is 18.5. The van der Waals surface area contributed by atoms with E-state index in [9.17, 15) is 14.4 Å². The van der Waals surface area contributed by atoms with Crippen LogP contribution in [0.2, 0.25) is 0 Å². The van der Waals surface area contributed by atoms with Gasteiger partial charge in [0.05, 0.1) is 17.7 Å². The van der Waals surface area contributed by atoms with E-state index in [1.807, 2.05) is 18.2 Å². The quantitative estimate of drug-likeness (QED) is 0.682. The Kier molecular flexibility index (Phi) is 4.52. The van der Waals surface area contributed by atoms with Gasteiger partial charge in [-0.1, -0.05) is 27.3 Å². The molecule has 0 saturated carbocycles. The van der Waals surface area contributed by atoms with Gasteiger partial charge in [0.15, 0.2) is 0 Å². The lowest BCUT2D eigenvalue weighted by Gasteiger charge is -2.28. The molecule has 0 fully saturated rings. The van der Waals surface area contributed by atoms with Crippen LogP contribution in [0.15, 0.2) is 42.5 Å². The standard InChI is InChI=1S/C21H18FN3O.CH4/c1-21(2)10-13-4-3-12(11-23)7-16(13)19(21)25-20(26)18-9-14-8-15(22)5-6-17(14)24-18;/h3-9,19,24H,10H2,1-2H3,(H,25,26);1H4/t19-;/m0./s1. The molecule has 27 heavy (non-hydrogen) atoms. The molecule has 0 aliphatic heterocycles. The van der Waals surface area contributed by atoms with Gasteiger partial charge in [-0.15, -0.1) is 0 Å². The zero-order valence-electron chi connectivity index (χ0n) is 14.6. The summed E-state index contributed by atoms with van der Waals surface area (Å²) < 4.78 is 13.4. The summed E-state index contributed by atoms with van der Waals surface area (Å²) >= 11 is 0. The molecule has 0 spiro atoms. The fourth-order valence-corrected chi connectivity index (χ4v) is 3.82. The molecule has 5 heteroatoms. The summed E-state index contributed by atoms with van der Waals surface area (Å²) in [5, 5.41) is 12.9. The van der Waals surface area contributed by atoms with Crippen LogP contribution < -0.4 is 5.32 Å². The van der Waals surface area contributed by atoms with Gasteiger partial charge in [-0.05, 0) is 59.4 Å². The Morgan fingerprint density at radius 1 is 1.26 bits per heavy atom. The Labute approximate surface area is 158 Å². The third kappa shape index (κ3) is 3.19. The minimum Gasteiger partial charge on any atom is -0.351 e. The van der Waals surface area contributed by atoms with Crippen LogP contribution in [0.25, 0.3) is 10.9 Å². The second kappa shape index (κ2) is 6.55. The largest absolute Gasteiger partial charge is 0.351 e. The van der Waals surface area contributed by atoms with Crippen molar-refractivity contribution in [2.75, 3.05) is 0 Å². The number of carbonyl (C=O) groups excluding carboxylic acids is 1. The molecule has 1 aromatic heterocycles. The van der Waals surface area contributed by atoms with Crippen molar-refractivity contribution in [2.45, 2.75) is 33.7 Å². The van der Waals surface area contributed by atoms with E-state index in [4.69, 9.17) is 0 Å². The zero-order valence-corrected chi connectivity index (χ0v) is 14.6. The minimum atomic E-state index is -0.335. The maximum Gasteiger partial charge on any atom is 0.268 e. The van der Waals surface area contributed by atoms with Gasteiger partial charge in [0.25, 0.3) is 5.91 Å². The maximum atomic E-state index is 13.4. The lowest BCUT2D eigenvalue weighted by Crippen LogP contribution is -2.35. The molecule has 1 aliphatic carbocycles. The lowest BCUT2D eigenvalue weighted by atomic mass is 9.85. The number of hydrogen-bond acceptors (Lipinski definition) is 2. The van der Waals surface area contributed by atoms with E-state index in [1.165, 1.54) is 12.1 Å². The van der Waals surface area contributed by atoms with Crippen LogP contribution in [0.5, 0.6) is 0 Å². The fourth-order valence-electron chi connectivity index (χ4n) is 3.82. The van der Waals surface area contributed by atoms with Crippen molar-refractivity contribution in [1.82, 2.24) is 10.3 Å². The minimum absolute atomic E-state index is 0. The van der Waals surface area contributed by atoms with Crippen molar-refractivity contribution in [1.29, 1.82) is 5.26 Å². The fraction of sp³-hybridized carbons (Fsp3) is 0.273. The van der Waals surface area contributed by atoms with E-state index >= 15 is 0 Å². The highest BCUT2D eigenvalue weighted by Crippen LogP contribution is 2.45. The summed E-state index contributed by atoms with van der Waals surface area (Å²) in [7, 11) is 0. The smallest absolute Gasteiger partial charge is 0.268 e. The van der Waals surface area contributed by atoms with Crippen LogP contribution >= 0.6 is 0 Å². The Morgan fingerprint density at radius 3 is 2.78 bits per heavy atom. The van der Waals surface area contributed by atoms with E-state index in [-0.39, 0.29) is 30.6 Å². The van der Waals surface area contributed by atoms with Crippen LogP contribution in [-0.4, -0.2) is 10.9 Å². The summed E-state index contributed by atoms with van der Waals surface area (Å²) in [5.74, 6) is -0.576. The average molecular weight is 363 g/mol. The van der Waals surface area contributed by atoms with Gasteiger partial charge in [0, 0.05) is 10.9 Å². The monoisotopic (exact) mass is 363 g/mol. The normalized spacial score (nSPS) is 17.0. The van der Waals surface area contributed by atoms with Crippen molar-refractivity contribution in [3.63, 3.8) is 0 Å². The van der Waals surface area contributed by atoms with Crippen LogP contribution in [0, 0.1) is 22.6 Å². The lowest BCUT2D eigenvalue weighted by molar-refractivity contribution is 0.0899. The molecular formula is C22H22FN3O. The molecule has 4 nitrogen and oxygen atoms in total. The van der Waals surface area contributed by atoms with E-state index in [2.05, 4.69) is 30.2 Å². The number of carbonyl (C=O) groups is 1. The third-order valence-corrected chi connectivity index (χ3v) is 5.12. The first-order valence-corrected chi connectivity index (χ1v) is 8.49. The summed E-state index contributed by atoms with van der Waals surface area (Å²) in [6.45, 7) is 4.20. The van der Waals surface area contributed by atoms with Gasteiger partial charge >= 0.3 is 0 Å². The Hall–Kier alpha value is -3.13. The molecule has 4 rings (SSSR count). The first-order valence-electron chi connectivity index (χ1n) is 8.49. The number of H-pyrrole nitrogens is 1. The Bertz CT molecular complexity index is 1070. The van der Waals surface area contributed by atoms with Crippen molar-refractivity contribution in [3.8, 4) is 6.07 Å². The summed E-state index contributed by atoms with van der Waals surface area (Å²) in [6, 6.07) is 13.6.